The second-order valence-electron chi connectivity index (χ2n) is 10.4. The van der Waals surface area contributed by atoms with Gasteiger partial charge in [-0.05, 0) is 48.4 Å². The molecule has 2 unspecified atom stereocenters. The molecule has 42 heavy (non-hydrogen) atoms. The number of rotatable bonds is 8. The molecule has 3 heterocycles. The van der Waals surface area contributed by atoms with Gasteiger partial charge in [-0.15, -0.1) is 11.8 Å². The van der Waals surface area contributed by atoms with Gasteiger partial charge in [0, 0.05) is 29.3 Å². The summed E-state index contributed by atoms with van der Waals surface area (Å²) in [6.07, 6.45) is -3.74. The van der Waals surface area contributed by atoms with E-state index in [1.807, 2.05) is 13.8 Å². The topological polar surface area (TPSA) is 56.4 Å². The Morgan fingerprint density at radius 3 is 2.48 bits per heavy atom. The van der Waals surface area contributed by atoms with Crippen molar-refractivity contribution in [1.82, 2.24) is 9.88 Å². The van der Waals surface area contributed by atoms with E-state index >= 15 is 8.78 Å². The first-order chi connectivity index (χ1) is 19.9. The Hall–Kier alpha value is -3.57. The van der Waals surface area contributed by atoms with Gasteiger partial charge in [0.05, 0.1) is 41.6 Å². The first-order valence-corrected chi connectivity index (χ1v) is 14.3. The Kier molecular flexibility index (Phi) is 8.26. The maximum absolute atomic E-state index is 15.7. The molecule has 2 aromatic carbocycles. The molecule has 0 fully saturated rings. The fraction of sp³-hybridized carbons (Fsp3) is 0.323. The van der Waals surface area contributed by atoms with E-state index in [-0.39, 0.29) is 28.5 Å². The van der Waals surface area contributed by atoms with Gasteiger partial charge >= 0.3 is 6.18 Å². The van der Waals surface area contributed by atoms with E-state index in [0.29, 0.717) is 22.1 Å². The van der Waals surface area contributed by atoms with Crippen LogP contribution in [0.5, 0.6) is 5.75 Å². The lowest BCUT2D eigenvalue weighted by Crippen LogP contribution is -2.38. The number of hydrogen-bond donors (Lipinski definition) is 1. The van der Waals surface area contributed by atoms with Crippen LogP contribution in [0.3, 0.4) is 0 Å². The number of thioether (sulfide) groups is 1. The number of methoxy groups -OCH3 is 1. The van der Waals surface area contributed by atoms with Crippen LogP contribution in [0.4, 0.5) is 22.0 Å². The average Bonchev–Trinajstić information content (AvgIpc) is 3.62. The number of ether oxygens (including phenoxy) is 1. The minimum absolute atomic E-state index is 0.0159. The summed E-state index contributed by atoms with van der Waals surface area (Å²) in [7, 11) is 1.30. The molecule has 0 saturated heterocycles. The van der Waals surface area contributed by atoms with Gasteiger partial charge in [0.25, 0.3) is 5.56 Å². The van der Waals surface area contributed by atoms with Gasteiger partial charge in [-0.3, -0.25) is 9.36 Å². The monoisotopic (exact) mass is 604 g/mol. The summed E-state index contributed by atoms with van der Waals surface area (Å²) in [5.74, 6) is -0.942. The number of alkyl halides is 3. The van der Waals surface area contributed by atoms with Crippen LogP contribution in [-0.4, -0.2) is 23.5 Å². The first kappa shape index (κ1) is 29.9. The van der Waals surface area contributed by atoms with Crippen molar-refractivity contribution in [2.24, 2.45) is 0 Å². The summed E-state index contributed by atoms with van der Waals surface area (Å²) in [6.45, 7) is 5.44. The maximum atomic E-state index is 15.7. The molecule has 5 rings (SSSR count). The third kappa shape index (κ3) is 5.35. The van der Waals surface area contributed by atoms with E-state index in [9.17, 15) is 18.0 Å². The molecule has 5 nitrogen and oxygen atoms in total. The van der Waals surface area contributed by atoms with E-state index in [1.165, 1.54) is 47.9 Å². The molecule has 1 aliphatic heterocycles. The molecule has 2 aromatic heterocycles. The molecule has 11 heteroatoms. The normalized spacial score (nSPS) is 15.7. The molecule has 0 saturated carbocycles. The largest absolute Gasteiger partial charge is 0.494 e. The Balaban J connectivity index is 1.80. The molecule has 0 aliphatic carbocycles. The van der Waals surface area contributed by atoms with Crippen LogP contribution in [0.25, 0.3) is 11.1 Å². The quantitative estimate of drug-likeness (QED) is 0.209. The van der Waals surface area contributed by atoms with Crippen LogP contribution in [0.2, 0.25) is 0 Å². The second-order valence-corrected chi connectivity index (χ2v) is 11.4. The summed E-state index contributed by atoms with van der Waals surface area (Å²) in [5.41, 5.74) is -1.65. The number of nitrogens with one attached hydrogen (secondary N) is 1. The van der Waals surface area contributed by atoms with Crippen molar-refractivity contribution in [1.29, 1.82) is 0 Å². The zero-order valence-corrected chi connectivity index (χ0v) is 24.1. The molecule has 1 aliphatic rings. The molecule has 0 bridgehead atoms. The highest BCUT2D eigenvalue weighted by Gasteiger charge is 2.39. The standard InChI is InChI=1S/C31H29F5N2O3S/c1-16(2)37-28(25-12-7-13-41-25)23-15-42-30-19(14-20-21(31(34,35)36)9-6-10-22(20)32)17(3)26(29(39)38(23)30)18-8-5-11-24(40-4)27(18)33/h5-13,16,23,28,37H,14-15H2,1-4H3. The zero-order chi connectivity index (χ0) is 30.3. The van der Waals surface area contributed by atoms with Crippen molar-refractivity contribution in [2.75, 3.05) is 12.9 Å². The minimum Gasteiger partial charge on any atom is -0.494 e. The van der Waals surface area contributed by atoms with E-state index in [1.54, 1.807) is 19.1 Å². The number of aromatic nitrogens is 1. The molecule has 2 atom stereocenters. The third-order valence-electron chi connectivity index (χ3n) is 7.44. The first-order valence-electron chi connectivity index (χ1n) is 13.3. The Labute approximate surface area is 243 Å². The number of furan rings is 1. The smallest absolute Gasteiger partial charge is 0.416 e. The Morgan fingerprint density at radius 1 is 1.10 bits per heavy atom. The molecule has 0 spiro atoms. The maximum Gasteiger partial charge on any atom is 0.416 e. The lowest BCUT2D eigenvalue weighted by molar-refractivity contribution is -0.138. The van der Waals surface area contributed by atoms with Crippen molar-refractivity contribution in [2.45, 2.75) is 56.5 Å². The molecule has 1 N–H and O–H groups in total. The summed E-state index contributed by atoms with van der Waals surface area (Å²) in [4.78, 5) is 14.3. The summed E-state index contributed by atoms with van der Waals surface area (Å²) in [6, 6.07) is 9.66. The molecular weight excluding hydrogens is 575 g/mol. The van der Waals surface area contributed by atoms with Crippen LogP contribution in [0.1, 0.15) is 53.9 Å². The predicted octanol–water partition coefficient (Wildman–Crippen LogP) is 7.70. The molecule has 0 radical (unpaired) electrons. The van der Waals surface area contributed by atoms with Crippen molar-refractivity contribution in [3.8, 4) is 16.9 Å². The van der Waals surface area contributed by atoms with Crippen LogP contribution in [-0.2, 0) is 12.6 Å². The number of pyridine rings is 1. The zero-order valence-electron chi connectivity index (χ0n) is 23.3. The third-order valence-corrected chi connectivity index (χ3v) is 8.66. The lowest BCUT2D eigenvalue weighted by atomic mass is 9.92. The molecule has 0 amide bonds. The highest BCUT2D eigenvalue weighted by atomic mass is 32.2. The van der Waals surface area contributed by atoms with Gasteiger partial charge in [-0.1, -0.05) is 32.0 Å². The predicted molar refractivity (Wildman–Crippen MR) is 151 cm³/mol. The number of hydrogen-bond acceptors (Lipinski definition) is 5. The Bertz CT molecular complexity index is 1660. The van der Waals surface area contributed by atoms with Crippen molar-refractivity contribution in [3.63, 3.8) is 0 Å². The van der Waals surface area contributed by atoms with E-state index < -0.39 is 53.0 Å². The van der Waals surface area contributed by atoms with E-state index in [0.717, 1.165) is 18.2 Å². The molecule has 4 aromatic rings. The molecular formula is C31H29F5N2O3S. The summed E-state index contributed by atoms with van der Waals surface area (Å²) in [5, 5.41) is 3.84. The fourth-order valence-corrected chi connectivity index (χ4v) is 6.98. The van der Waals surface area contributed by atoms with E-state index in [2.05, 4.69) is 5.32 Å². The lowest BCUT2D eigenvalue weighted by Gasteiger charge is -2.28. The van der Waals surface area contributed by atoms with Crippen LogP contribution in [0, 0.1) is 18.6 Å². The van der Waals surface area contributed by atoms with Gasteiger partial charge in [0.15, 0.2) is 11.6 Å². The summed E-state index contributed by atoms with van der Waals surface area (Å²) >= 11 is 1.30. The Morgan fingerprint density at radius 2 is 1.83 bits per heavy atom. The number of benzene rings is 2. The van der Waals surface area contributed by atoms with Gasteiger partial charge in [0.1, 0.15) is 11.6 Å². The number of halogens is 5. The minimum atomic E-state index is -4.80. The van der Waals surface area contributed by atoms with Crippen LogP contribution < -0.4 is 15.6 Å². The van der Waals surface area contributed by atoms with Crippen molar-refractivity contribution >= 4 is 11.8 Å². The van der Waals surface area contributed by atoms with Crippen molar-refractivity contribution < 1.29 is 31.1 Å². The SMILES string of the molecule is COc1cccc(-c2c(C)c(Cc3c(F)cccc3C(F)(F)F)c3n(c2=O)C(C(NC(C)C)c2ccco2)CS3)c1F. The highest BCUT2D eigenvalue weighted by molar-refractivity contribution is 7.99. The van der Waals surface area contributed by atoms with Crippen LogP contribution >= 0.6 is 11.8 Å². The number of nitrogens with zero attached hydrogens (tertiary/aromatic N) is 1. The molecule has 222 valence electrons. The van der Waals surface area contributed by atoms with Gasteiger partial charge in [-0.25, -0.2) is 8.78 Å². The fourth-order valence-electron chi connectivity index (χ4n) is 5.55. The van der Waals surface area contributed by atoms with Crippen molar-refractivity contribution in [3.05, 3.63) is 105 Å². The highest BCUT2D eigenvalue weighted by Crippen LogP contribution is 2.45. The van der Waals surface area contributed by atoms with Gasteiger partial charge in [0.2, 0.25) is 0 Å². The summed E-state index contributed by atoms with van der Waals surface area (Å²) < 4.78 is 85.0. The van der Waals surface area contributed by atoms with Crippen LogP contribution in [0.15, 0.2) is 69.0 Å². The average molecular weight is 605 g/mol. The van der Waals surface area contributed by atoms with E-state index in [4.69, 9.17) is 9.15 Å². The van der Waals surface area contributed by atoms with Gasteiger partial charge < -0.3 is 14.5 Å². The second kappa shape index (κ2) is 11.6. The van der Waals surface area contributed by atoms with Gasteiger partial charge in [-0.2, -0.15) is 13.2 Å². The number of fused-ring (bicyclic) bond motifs is 1.